The maximum absolute atomic E-state index is 9.97. The Morgan fingerprint density at radius 3 is 3.00 bits per heavy atom. The molecule has 5 heteroatoms. The Bertz CT molecular complexity index is 611. The van der Waals surface area contributed by atoms with Crippen molar-refractivity contribution in [3.8, 4) is 16.3 Å². The minimum atomic E-state index is -0.393. The third-order valence-corrected chi connectivity index (χ3v) is 5.12. The molecule has 0 aliphatic heterocycles. The molecule has 0 radical (unpaired) electrons. The smallest absolute Gasteiger partial charge is 0.133 e. The van der Waals surface area contributed by atoms with Crippen LogP contribution >= 0.6 is 27.3 Å². The molecule has 3 nitrogen and oxygen atoms in total. The molecular formula is C14H14BrNO2S. The summed E-state index contributed by atoms with van der Waals surface area (Å²) in [4.78, 5) is 5.83. The summed E-state index contributed by atoms with van der Waals surface area (Å²) >= 11 is 5.17. The lowest BCUT2D eigenvalue weighted by molar-refractivity contribution is 0.153. The molecule has 100 valence electrons. The summed E-state index contributed by atoms with van der Waals surface area (Å²) in [5, 5.41) is 10.9. The van der Waals surface area contributed by atoms with Crippen molar-refractivity contribution in [3.05, 3.63) is 33.2 Å². The number of methoxy groups -OCH3 is 1. The zero-order valence-corrected chi connectivity index (χ0v) is 12.9. The van der Waals surface area contributed by atoms with E-state index in [9.17, 15) is 5.11 Å². The van der Waals surface area contributed by atoms with Gasteiger partial charge in [-0.1, -0.05) is 0 Å². The molecule has 3 rings (SSSR count). The number of ether oxygens (including phenoxy) is 1. The summed E-state index contributed by atoms with van der Waals surface area (Å²) < 4.78 is 6.15. The van der Waals surface area contributed by atoms with Gasteiger partial charge in [-0.3, -0.25) is 0 Å². The van der Waals surface area contributed by atoms with Crippen LogP contribution in [0.5, 0.6) is 5.75 Å². The Morgan fingerprint density at radius 2 is 2.32 bits per heavy atom. The van der Waals surface area contributed by atoms with Gasteiger partial charge >= 0.3 is 0 Å². The summed E-state index contributed by atoms with van der Waals surface area (Å²) in [6.07, 6.45) is 2.50. The Kier molecular flexibility index (Phi) is 3.60. The quantitative estimate of drug-likeness (QED) is 0.900. The number of hydrogen-bond donors (Lipinski definition) is 1. The number of aliphatic hydroxyl groups is 1. The van der Waals surface area contributed by atoms with Crippen molar-refractivity contribution in [2.45, 2.75) is 25.4 Å². The number of aryl methyl sites for hydroxylation is 1. The van der Waals surface area contributed by atoms with Gasteiger partial charge in [0.05, 0.1) is 23.4 Å². The number of halogens is 1. The number of thiazole rings is 1. The van der Waals surface area contributed by atoms with Crippen LogP contribution in [0, 0.1) is 0 Å². The van der Waals surface area contributed by atoms with Crippen LogP contribution in [0.2, 0.25) is 0 Å². The molecule has 0 bridgehead atoms. The number of rotatable bonds is 2. The highest BCUT2D eigenvalue weighted by Gasteiger charge is 2.23. The molecule has 1 unspecified atom stereocenters. The van der Waals surface area contributed by atoms with E-state index in [2.05, 4.69) is 20.9 Å². The molecule has 1 aliphatic carbocycles. The SMILES string of the molecule is COc1ccc(-c2nc3c(s2)CCCC3O)cc1Br. The summed E-state index contributed by atoms with van der Waals surface area (Å²) in [7, 11) is 1.65. The molecule has 2 aromatic rings. The minimum Gasteiger partial charge on any atom is -0.496 e. The van der Waals surface area contributed by atoms with E-state index in [1.807, 2.05) is 18.2 Å². The second-order valence-electron chi connectivity index (χ2n) is 4.58. The van der Waals surface area contributed by atoms with Crippen molar-refractivity contribution in [3.63, 3.8) is 0 Å². The van der Waals surface area contributed by atoms with Crippen molar-refractivity contribution >= 4 is 27.3 Å². The van der Waals surface area contributed by atoms with Crippen LogP contribution < -0.4 is 4.74 Å². The van der Waals surface area contributed by atoms with Gasteiger partial charge in [-0.15, -0.1) is 11.3 Å². The van der Waals surface area contributed by atoms with Gasteiger partial charge in [-0.25, -0.2) is 4.98 Å². The first-order valence-electron chi connectivity index (χ1n) is 6.20. The molecule has 1 atom stereocenters. The number of aliphatic hydroxyl groups excluding tert-OH is 1. The van der Waals surface area contributed by atoms with Crippen LogP contribution in [-0.4, -0.2) is 17.2 Å². The maximum Gasteiger partial charge on any atom is 0.133 e. The molecule has 19 heavy (non-hydrogen) atoms. The Hall–Kier alpha value is -0.910. The van der Waals surface area contributed by atoms with E-state index in [0.717, 1.165) is 45.7 Å². The lowest BCUT2D eigenvalue weighted by Gasteiger charge is -2.14. The molecular weight excluding hydrogens is 326 g/mol. The predicted molar refractivity (Wildman–Crippen MR) is 79.7 cm³/mol. The van der Waals surface area contributed by atoms with Crippen molar-refractivity contribution < 1.29 is 9.84 Å². The highest BCUT2D eigenvalue weighted by molar-refractivity contribution is 9.10. The Labute approximate surface area is 124 Å². The van der Waals surface area contributed by atoms with Crippen molar-refractivity contribution in [2.24, 2.45) is 0 Å². The highest BCUT2D eigenvalue weighted by Crippen LogP contribution is 2.38. The number of aromatic nitrogens is 1. The Balaban J connectivity index is 2.01. The second-order valence-corrected chi connectivity index (χ2v) is 6.52. The zero-order valence-electron chi connectivity index (χ0n) is 10.5. The maximum atomic E-state index is 9.97. The summed E-state index contributed by atoms with van der Waals surface area (Å²) in [6.45, 7) is 0. The van der Waals surface area contributed by atoms with E-state index >= 15 is 0 Å². The van der Waals surface area contributed by atoms with Crippen LogP contribution in [0.25, 0.3) is 10.6 Å². The average molecular weight is 340 g/mol. The van der Waals surface area contributed by atoms with Gasteiger partial charge in [-0.05, 0) is 53.4 Å². The molecule has 0 amide bonds. The first-order valence-corrected chi connectivity index (χ1v) is 7.81. The normalized spacial score (nSPS) is 18.2. The third-order valence-electron chi connectivity index (χ3n) is 3.32. The van der Waals surface area contributed by atoms with Crippen LogP contribution in [0.1, 0.15) is 29.5 Å². The standard InChI is InChI=1S/C14H14BrNO2S/c1-18-11-6-5-8(7-9(11)15)14-16-13-10(17)3-2-4-12(13)19-14/h5-7,10,17H,2-4H2,1H3. The van der Waals surface area contributed by atoms with Crippen LogP contribution in [0.4, 0.5) is 0 Å². The third kappa shape index (κ3) is 2.42. The van der Waals surface area contributed by atoms with Crippen LogP contribution in [-0.2, 0) is 6.42 Å². The second kappa shape index (κ2) is 5.23. The van der Waals surface area contributed by atoms with Crippen molar-refractivity contribution in [1.82, 2.24) is 4.98 Å². The number of hydrogen-bond acceptors (Lipinski definition) is 4. The van der Waals surface area contributed by atoms with Gasteiger partial charge in [-0.2, -0.15) is 0 Å². The highest BCUT2D eigenvalue weighted by atomic mass is 79.9. The van der Waals surface area contributed by atoms with E-state index < -0.39 is 6.10 Å². The van der Waals surface area contributed by atoms with Crippen LogP contribution in [0.15, 0.2) is 22.7 Å². The minimum absolute atomic E-state index is 0.393. The summed E-state index contributed by atoms with van der Waals surface area (Å²) in [6, 6.07) is 5.94. The van der Waals surface area contributed by atoms with Gasteiger partial charge in [0, 0.05) is 10.4 Å². The van der Waals surface area contributed by atoms with Crippen molar-refractivity contribution in [2.75, 3.05) is 7.11 Å². The summed E-state index contributed by atoms with van der Waals surface area (Å²) in [5.41, 5.74) is 1.93. The topological polar surface area (TPSA) is 42.4 Å². The largest absolute Gasteiger partial charge is 0.496 e. The van der Waals surface area contributed by atoms with E-state index in [0.29, 0.717) is 0 Å². The lowest BCUT2D eigenvalue weighted by atomic mass is 10.0. The van der Waals surface area contributed by atoms with E-state index in [-0.39, 0.29) is 0 Å². The van der Waals surface area contributed by atoms with E-state index in [4.69, 9.17) is 4.74 Å². The molecule has 0 spiro atoms. The molecule has 0 fully saturated rings. The molecule has 1 aromatic carbocycles. The Morgan fingerprint density at radius 1 is 1.47 bits per heavy atom. The van der Waals surface area contributed by atoms with Crippen LogP contribution in [0.3, 0.4) is 0 Å². The van der Waals surface area contributed by atoms with Gasteiger partial charge in [0.15, 0.2) is 0 Å². The zero-order chi connectivity index (χ0) is 13.4. The first kappa shape index (κ1) is 13.1. The van der Waals surface area contributed by atoms with E-state index in [1.165, 1.54) is 4.88 Å². The predicted octanol–water partition coefficient (Wildman–Crippen LogP) is 3.95. The monoisotopic (exact) mass is 339 g/mol. The number of benzene rings is 1. The van der Waals surface area contributed by atoms with Crippen molar-refractivity contribution in [1.29, 1.82) is 0 Å². The fraction of sp³-hybridized carbons (Fsp3) is 0.357. The van der Waals surface area contributed by atoms with Gasteiger partial charge in [0.25, 0.3) is 0 Å². The fourth-order valence-corrected chi connectivity index (χ4v) is 4.01. The van der Waals surface area contributed by atoms with Gasteiger partial charge in [0.1, 0.15) is 10.8 Å². The van der Waals surface area contributed by atoms with Gasteiger partial charge < -0.3 is 9.84 Å². The molecule has 1 aromatic heterocycles. The number of nitrogens with zero attached hydrogens (tertiary/aromatic N) is 1. The first-order chi connectivity index (χ1) is 9.19. The molecule has 1 aliphatic rings. The molecule has 1 N–H and O–H groups in total. The fourth-order valence-electron chi connectivity index (χ4n) is 2.32. The van der Waals surface area contributed by atoms with Gasteiger partial charge in [0.2, 0.25) is 0 Å². The van der Waals surface area contributed by atoms with E-state index in [1.54, 1.807) is 18.4 Å². The lowest BCUT2D eigenvalue weighted by Crippen LogP contribution is -2.07. The molecule has 0 saturated carbocycles. The average Bonchev–Trinajstić information content (AvgIpc) is 2.84. The molecule has 0 saturated heterocycles. The molecule has 1 heterocycles. The summed E-state index contributed by atoms with van der Waals surface area (Å²) in [5.74, 6) is 0.810. The number of fused-ring (bicyclic) bond motifs is 1.